The third-order valence-electron chi connectivity index (χ3n) is 2.48. The second kappa shape index (κ2) is 5.27. The van der Waals surface area contributed by atoms with E-state index in [1.807, 2.05) is 0 Å². The van der Waals surface area contributed by atoms with Crippen LogP contribution in [0.2, 0.25) is 5.02 Å². The standard InChI is InChI=1S/C12H8ClF3N2O2S/c1-21(19,20)11-17-9(6-10(18-11)12(14,15)16)7-4-2-3-5-8(7)13/h2-6H,1H3. The van der Waals surface area contributed by atoms with Crippen molar-refractivity contribution in [3.05, 3.63) is 41.0 Å². The predicted molar refractivity (Wildman–Crippen MR) is 70.6 cm³/mol. The van der Waals surface area contributed by atoms with Crippen molar-refractivity contribution < 1.29 is 21.6 Å². The summed E-state index contributed by atoms with van der Waals surface area (Å²) in [6.45, 7) is 0. The van der Waals surface area contributed by atoms with Crippen molar-refractivity contribution in [2.24, 2.45) is 0 Å². The fourth-order valence-electron chi connectivity index (χ4n) is 1.54. The molecule has 0 amide bonds. The Balaban J connectivity index is 2.76. The number of hydrogen-bond donors (Lipinski definition) is 0. The topological polar surface area (TPSA) is 59.9 Å². The molecular weight excluding hydrogens is 329 g/mol. The molecule has 0 bridgehead atoms. The third kappa shape index (κ3) is 3.51. The van der Waals surface area contributed by atoms with E-state index in [9.17, 15) is 21.6 Å². The van der Waals surface area contributed by atoms with E-state index in [4.69, 9.17) is 11.6 Å². The molecule has 2 aromatic rings. The number of alkyl halides is 3. The molecule has 0 saturated carbocycles. The lowest BCUT2D eigenvalue weighted by atomic mass is 10.1. The fourth-order valence-corrected chi connectivity index (χ4v) is 2.30. The summed E-state index contributed by atoms with van der Waals surface area (Å²) in [4.78, 5) is 6.73. The number of halogens is 4. The van der Waals surface area contributed by atoms with Gasteiger partial charge >= 0.3 is 6.18 Å². The molecule has 0 unspecified atom stereocenters. The first kappa shape index (κ1) is 15.7. The van der Waals surface area contributed by atoms with E-state index in [2.05, 4.69) is 9.97 Å². The second-order valence-electron chi connectivity index (χ2n) is 4.17. The second-order valence-corrected chi connectivity index (χ2v) is 6.49. The van der Waals surface area contributed by atoms with Gasteiger partial charge in [-0.3, -0.25) is 0 Å². The highest BCUT2D eigenvalue weighted by atomic mass is 35.5. The summed E-state index contributed by atoms with van der Waals surface area (Å²) in [5.41, 5.74) is -1.35. The monoisotopic (exact) mass is 336 g/mol. The minimum atomic E-state index is -4.79. The smallest absolute Gasteiger partial charge is 0.221 e. The quantitative estimate of drug-likeness (QED) is 0.790. The van der Waals surface area contributed by atoms with Gasteiger partial charge in [0.05, 0.1) is 5.69 Å². The van der Waals surface area contributed by atoms with Gasteiger partial charge in [0, 0.05) is 16.8 Å². The van der Waals surface area contributed by atoms with E-state index >= 15 is 0 Å². The van der Waals surface area contributed by atoms with Crippen LogP contribution in [0.5, 0.6) is 0 Å². The molecule has 4 nitrogen and oxygen atoms in total. The molecule has 0 spiro atoms. The molecule has 1 aromatic heterocycles. The molecule has 1 heterocycles. The Morgan fingerprint density at radius 3 is 2.29 bits per heavy atom. The zero-order valence-electron chi connectivity index (χ0n) is 10.5. The van der Waals surface area contributed by atoms with Gasteiger partial charge in [0.15, 0.2) is 0 Å². The van der Waals surface area contributed by atoms with E-state index in [0.717, 1.165) is 6.26 Å². The zero-order valence-corrected chi connectivity index (χ0v) is 12.1. The number of benzene rings is 1. The normalized spacial score (nSPS) is 12.4. The van der Waals surface area contributed by atoms with Crippen molar-refractivity contribution in [2.45, 2.75) is 11.3 Å². The van der Waals surface area contributed by atoms with Crippen LogP contribution in [-0.4, -0.2) is 24.6 Å². The molecule has 112 valence electrons. The Morgan fingerprint density at radius 2 is 1.76 bits per heavy atom. The summed E-state index contributed by atoms with van der Waals surface area (Å²) in [7, 11) is -3.99. The first-order chi connectivity index (χ1) is 9.59. The van der Waals surface area contributed by atoms with Crippen LogP contribution in [-0.2, 0) is 16.0 Å². The fraction of sp³-hybridized carbons (Fsp3) is 0.167. The summed E-state index contributed by atoms with van der Waals surface area (Å²) < 4.78 is 61.4. The number of aromatic nitrogens is 2. The molecule has 2 rings (SSSR count). The Labute approximate surface area is 123 Å². The highest BCUT2D eigenvalue weighted by Crippen LogP contribution is 2.33. The lowest BCUT2D eigenvalue weighted by molar-refractivity contribution is -0.141. The minimum absolute atomic E-state index is 0.156. The Morgan fingerprint density at radius 1 is 1.14 bits per heavy atom. The molecule has 0 aliphatic rings. The maximum absolute atomic E-state index is 12.8. The van der Waals surface area contributed by atoms with Crippen molar-refractivity contribution in [1.29, 1.82) is 0 Å². The molecular formula is C12H8ClF3N2O2S. The molecule has 9 heteroatoms. The lowest BCUT2D eigenvalue weighted by Crippen LogP contribution is -2.14. The molecule has 0 N–H and O–H groups in total. The SMILES string of the molecule is CS(=O)(=O)c1nc(-c2ccccc2Cl)cc(C(F)(F)F)n1. The third-order valence-corrected chi connectivity index (χ3v) is 3.65. The van der Waals surface area contributed by atoms with Gasteiger partial charge in [-0.2, -0.15) is 13.2 Å². The van der Waals surface area contributed by atoms with Crippen molar-refractivity contribution in [1.82, 2.24) is 9.97 Å². The summed E-state index contributed by atoms with van der Waals surface area (Å²) in [6.07, 6.45) is -4.06. The maximum atomic E-state index is 12.8. The van der Waals surface area contributed by atoms with Gasteiger partial charge in [-0.25, -0.2) is 18.4 Å². The molecule has 0 atom stereocenters. The number of nitrogens with zero attached hydrogens (tertiary/aromatic N) is 2. The van der Waals surface area contributed by atoms with E-state index in [0.29, 0.717) is 6.07 Å². The van der Waals surface area contributed by atoms with E-state index in [1.165, 1.54) is 12.1 Å². The van der Waals surface area contributed by atoms with Crippen molar-refractivity contribution in [3.63, 3.8) is 0 Å². The van der Waals surface area contributed by atoms with E-state index < -0.39 is 26.9 Å². The van der Waals surface area contributed by atoms with Crippen molar-refractivity contribution >= 4 is 21.4 Å². The van der Waals surface area contributed by atoms with Crippen LogP contribution in [0, 0.1) is 0 Å². The highest BCUT2D eigenvalue weighted by Gasteiger charge is 2.35. The van der Waals surface area contributed by atoms with Gasteiger partial charge in [-0.1, -0.05) is 29.8 Å². The van der Waals surface area contributed by atoms with Gasteiger partial charge in [-0.15, -0.1) is 0 Å². The first-order valence-electron chi connectivity index (χ1n) is 5.50. The van der Waals surface area contributed by atoms with Crippen LogP contribution >= 0.6 is 11.6 Å². The molecule has 0 radical (unpaired) electrons. The molecule has 0 aliphatic heterocycles. The lowest BCUT2D eigenvalue weighted by Gasteiger charge is -2.10. The van der Waals surface area contributed by atoms with Crippen LogP contribution in [0.1, 0.15) is 5.69 Å². The number of sulfone groups is 1. The van der Waals surface area contributed by atoms with Crippen LogP contribution in [0.3, 0.4) is 0 Å². The van der Waals surface area contributed by atoms with Gasteiger partial charge in [-0.05, 0) is 12.1 Å². The van der Waals surface area contributed by atoms with Crippen LogP contribution < -0.4 is 0 Å². The number of rotatable bonds is 2. The van der Waals surface area contributed by atoms with Gasteiger partial charge < -0.3 is 0 Å². The summed E-state index contributed by atoms with van der Waals surface area (Å²) in [5.74, 6) is 0. The molecule has 0 aliphatic carbocycles. The number of hydrogen-bond acceptors (Lipinski definition) is 4. The zero-order chi connectivity index (χ0) is 15.8. The summed E-state index contributed by atoms with van der Waals surface area (Å²) in [5, 5.41) is -0.740. The largest absolute Gasteiger partial charge is 0.433 e. The van der Waals surface area contributed by atoms with Gasteiger partial charge in [0.25, 0.3) is 0 Å². The van der Waals surface area contributed by atoms with Crippen molar-refractivity contribution in [3.8, 4) is 11.3 Å². The molecule has 0 fully saturated rings. The average Bonchev–Trinajstić information content (AvgIpc) is 2.36. The predicted octanol–water partition coefficient (Wildman–Crippen LogP) is 3.22. The molecule has 1 aromatic carbocycles. The molecule has 0 saturated heterocycles. The van der Waals surface area contributed by atoms with E-state index in [1.54, 1.807) is 12.1 Å². The van der Waals surface area contributed by atoms with Crippen LogP contribution in [0.4, 0.5) is 13.2 Å². The van der Waals surface area contributed by atoms with Gasteiger partial charge in [0.1, 0.15) is 5.69 Å². The Hall–Kier alpha value is -1.67. The minimum Gasteiger partial charge on any atom is -0.221 e. The first-order valence-corrected chi connectivity index (χ1v) is 7.77. The van der Waals surface area contributed by atoms with E-state index in [-0.39, 0.29) is 16.3 Å². The van der Waals surface area contributed by atoms with Gasteiger partial charge in [0.2, 0.25) is 15.0 Å². The van der Waals surface area contributed by atoms with Crippen LogP contribution in [0.15, 0.2) is 35.5 Å². The summed E-state index contributed by atoms with van der Waals surface area (Å²) >= 11 is 5.90. The Bertz CT molecular complexity index is 791. The summed E-state index contributed by atoms with van der Waals surface area (Å²) in [6, 6.07) is 6.71. The average molecular weight is 337 g/mol. The van der Waals surface area contributed by atoms with Crippen molar-refractivity contribution in [2.75, 3.05) is 6.26 Å². The maximum Gasteiger partial charge on any atom is 0.433 e. The molecule has 21 heavy (non-hydrogen) atoms. The van der Waals surface area contributed by atoms with Crippen LogP contribution in [0.25, 0.3) is 11.3 Å². The Kier molecular flexibility index (Phi) is 3.94. The highest BCUT2D eigenvalue weighted by molar-refractivity contribution is 7.90.